The van der Waals surface area contributed by atoms with Crippen LogP contribution >= 0.6 is 55.1 Å². The first-order chi connectivity index (χ1) is 18.8. The number of halogens is 8. The van der Waals surface area contributed by atoms with Crippen molar-refractivity contribution in [2.24, 2.45) is 0 Å². The minimum atomic E-state index is -0.735. The number of pyridine rings is 2. The number of hydrogen-bond donors (Lipinski definition) is 0. The van der Waals surface area contributed by atoms with Crippen molar-refractivity contribution >= 4 is 55.1 Å². The zero-order valence-electron chi connectivity index (χ0n) is 21.3. The van der Waals surface area contributed by atoms with Gasteiger partial charge >= 0.3 is 0 Å². The van der Waals surface area contributed by atoms with Gasteiger partial charge < -0.3 is 9.13 Å². The van der Waals surface area contributed by atoms with Gasteiger partial charge in [-0.2, -0.15) is 0 Å². The van der Waals surface area contributed by atoms with Gasteiger partial charge in [0.25, 0.3) is 11.1 Å². The summed E-state index contributed by atoms with van der Waals surface area (Å²) < 4.78 is 58.1. The molecular weight excluding hydrogens is 703 g/mol. The quantitative estimate of drug-likeness (QED) is 0.152. The second-order valence-electron chi connectivity index (χ2n) is 8.41. The van der Waals surface area contributed by atoms with Crippen LogP contribution in [0.1, 0.15) is 28.7 Å². The molecule has 0 saturated carbocycles. The highest BCUT2D eigenvalue weighted by Gasteiger charge is 2.23. The fourth-order valence-electron chi connectivity index (χ4n) is 4.25. The molecule has 40 heavy (non-hydrogen) atoms. The van der Waals surface area contributed by atoms with Crippen LogP contribution in [0.3, 0.4) is 0 Å². The smallest absolute Gasteiger partial charge is 0.269 e. The van der Waals surface area contributed by atoms with Gasteiger partial charge in [0.15, 0.2) is 0 Å². The Labute approximate surface area is 254 Å². The molecular formula is C28H22Br2Cl2F4N2O2. The topological polar surface area (TPSA) is 44.0 Å². The molecule has 0 aliphatic rings. The van der Waals surface area contributed by atoms with Crippen LogP contribution in [-0.4, -0.2) is 9.13 Å². The molecule has 4 aromatic rings. The summed E-state index contributed by atoms with van der Waals surface area (Å²) in [6.07, 6.45) is 0. The lowest BCUT2D eigenvalue weighted by atomic mass is 10.0. The SMILES string of the molecule is CCn1c(-c2c(F)cccc2F)c(C(Br)Br)cc(Cl)c1=O.CCn1c(-c2c(F)cccc2F)c(C)cc(Cl)c1=O. The number of benzene rings is 2. The Morgan fingerprint density at radius 3 is 1.50 bits per heavy atom. The minimum absolute atomic E-state index is 0.00347. The molecule has 12 heteroatoms. The predicted molar refractivity (Wildman–Crippen MR) is 159 cm³/mol. The number of nitrogens with zero attached hydrogens (tertiary/aromatic N) is 2. The van der Waals surface area contributed by atoms with Gasteiger partial charge in [-0.25, -0.2) is 17.6 Å². The normalized spacial score (nSPS) is 11.0. The van der Waals surface area contributed by atoms with Crippen LogP contribution in [0.2, 0.25) is 10.0 Å². The molecule has 0 aliphatic heterocycles. The van der Waals surface area contributed by atoms with Crippen LogP contribution in [0, 0.1) is 30.2 Å². The summed E-state index contributed by atoms with van der Waals surface area (Å²) in [6, 6.07) is 10.0. The van der Waals surface area contributed by atoms with E-state index < -0.39 is 38.1 Å². The summed E-state index contributed by atoms with van der Waals surface area (Å²) in [5.74, 6) is -2.87. The van der Waals surface area contributed by atoms with E-state index in [2.05, 4.69) is 31.9 Å². The van der Waals surface area contributed by atoms with Gasteiger partial charge in [-0.3, -0.25) is 9.59 Å². The van der Waals surface area contributed by atoms with Crippen molar-refractivity contribution in [3.8, 4) is 22.5 Å². The summed E-state index contributed by atoms with van der Waals surface area (Å²) in [4.78, 5) is 24.1. The molecule has 0 atom stereocenters. The third-order valence-corrected chi connectivity index (χ3v) is 7.51. The molecule has 4 nitrogen and oxygen atoms in total. The molecule has 0 fully saturated rings. The molecule has 4 rings (SSSR count). The molecule has 0 N–H and O–H groups in total. The maximum absolute atomic E-state index is 14.1. The number of alkyl halides is 2. The lowest BCUT2D eigenvalue weighted by Crippen LogP contribution is -2.23. The van der Waals surface area contributed by atoms with E-state index >= 15 is 0 Å². The Morgan fingerprint density at radius 1 is 0.725 bits per heavy atom. The van der Waals surface area contributed by atoms with Gasteiger partial charge in [0.2, 0.25) is 0 Å². The van der Waals surface area contributed by atoms with Crippen molar-refractivity contribution in [2.45, 2.75) is 37.6 Å². The van der Waals surface area contributed by atoms with Crippen molar-refractivity contribution in [3.05, 3.63) is 114 Å². The van der Waals surface area contributed by atoms with Crippen LogP contribution in [0.5, 0.6) is 0 Å². The Balaban J connectivity index is 0.000000222. The third kappa shape index (κ3) is 6.40. The van der Waals surface area contributed by atoms with Gasteiger partial charge in [-0.15, -0.1) is 0 Å². The van der Waals surface area contributed by atoms with Gasteiger partial charge in [0.1, 0.15) is 33.3 Å². The summed E-state index contributed by atoms with van der Waals surface area (Å²) >= 11 is 18.3. The van der Waals surface area contributed by atoms with Crippen LogP contribution in [0.15, 0.2) is 58.1 Å². The molecule has 0 aliphatic carbocycles. The van der Waals surface area contributed by atoms with Crippen molar-refractivity contribution in [2.75, 3.05) is 0 Å². The molecule has 2 aromatic carbocycles. The third-order valence-electron chi connectivity index (χ3n) is 5.98. The van der Waals surface area contributed by atoms with Gasteiger partial charge in [-0.05, 0) is 62.7 Å². The average molecular weight is 725 g/mol. The van der Waals surface area contributed by atoms with Crippen LogP contribution in [0.25, 0.3) is 22.5 Å². The number of aromatic nitrogens is 2. The first-order valence-corrected chi connectivity index (χ1v) is 14.4. The molecule has 0 amide bonds. The standard InChI is InChI=1S/C14H10Br2ClF2NO.C14H12ClF2NO/c1-2-20-12(11-9(18)4-3-5-10(11)19)7(13(15)16)6-8(17)14(20)21;1-3-18-13(8(2)7-9(15)14(18)19)12-10(16)5-4-6-11(12)17/h3-6,13H,2H2,1H3;4-7H,3H2,1-2H3. The molecule has 0 unspecified atom stereocenters. The molecule has 0 bridgehead atoms. The zero-order valence-corrected chi connectivity index (χ0v) is 26.0. The molecule has 2 heterocycles. The van der Waals surface area contributed by atoms with Crippen molar-refractivity contribution in [1.29, 1.82) is 0 Å². The van der Waals surface area contributed by atoms with E-state index in [0.29, 0.717) is 11.1 Å². The van der Waals surface area contributed by atoms with E-state index in [-0.39, 0.29) is 45.6 Å². The summed E-state index contributed by atoms with van der Waals surface area (Å²) in [7, 11) is 0. The van der Waals surface area contributed by atoms with Crippen molar-refractivity contribution in [3.63, 3.8) is 0 Å². The Morgan fingerprint density at radius 2 is 1.10 bits per heavy atom. The lowest BCUT2D eigenvalue weighted by molar-refractivity contribution is 0.583. The Kier molecular flexibility index (Phi) is 10.8. The molecule has 2 aromatic heterocycles. The van der Waals surface area contributed by atoms with Gasteiger partial charge in [0, 0.05) is 18.7 Å². The van der Waals surface area contributed by atoms with E-state index in [1.165, 1.54) is 33.4 Å². The lowest BCUT2D eigenvalue weighted by Gasteiger charge is -2.18. The maximum atomic E-state index is 14.1. The van der Waals surface area contributed by atoms with Crippen molar-refractivity contribution < 1.29 is 17.6 Å². The number of rotatable bonds is 5. The van der Waals surface area contributed by atoms with Crippen LogP contribution in [0.4, 0.5) is 17.6 Å². The fraction of sp³-hybridized carbons (Fsp3) is 0.214. The highest BCUT2D eigenvalue weighted by Crippen LogP contribution is 2.39. The van der Waals surface area contributed by atoms with Crippen LogP contribution in [-0.2, 0) is 13.1 Å². The first-order valence-electron chi connectivity index (χ1n) is 11.9. The second-order valence-corrected chi connectivity index (χ2v) is 12.3. The highest BCUT2D eigenvalue weighted by molar-refractivity contribution is 9.24. The number of hydrogen-bond acceptors (Lipinski definition) is 2. The van der Waals surface area contributed by atoms with E-state index in [4.69, 9.17) is 23.2 Å². The second kappa shape index (κ2) is 13.5. The highest BCUT2D eigenvalue weighted by atomic mass is 79.9. The Hall–Kier alpha value is -2.40. The largest absolute Gasteiger partial charge is 0.307 e. The monoisotopic (exact) mass is 722 g/mol. The number of aryl methyl sites for hydroxylation is 1. The Bertz CT molecular complexity index is 1650. The predicted octanol–water partition coefficient (Wildman–Crippen LogP) is 9.03. The van der Waals surface area contributed by atoms with Crippen LogP contribution < -0.4 is 11.1 Å². The van der Waals surface area contributed by atoms with E-state index in [1.807, 2.05) is 0 Å². The zero-order chi connectivity index (χ0) is 29.9. The summed E-state index contributed by atoms with van der Waals surface area (Å²) in [5, 5.41) is 0.0381. The summed E-state index contributed by atoms with van der Waals surface area (Å²) in [6.45, 7) is 5.62. The van der Waals surface area contributed by atoms with Gasteiger partial charge in [-0.1, -0.05) is 67.2 Å². The average Bonchev–Trinajstić information content (AvgIpc) is 2.89. The maximum Gasteiger partial charge on any atom is 0.269 e. The first kappa shape index (κ1) is 32.1. The molecule has 0 spiro atoms. The van der Waals surface area contributed by atoms with E-state index in [9.17, 15) is 27.2 Å². The van der Waals surface area contributed by atoms with E-state index in [1.54, 1.807) is 20.8 Å². The molecule has 212 valence electrons. The minimum Gasteiger partial charge on any atom is -0.307 e. The van der Waals surface area contributed by atoms with Gasteiger partial charge in [0.05, 0.1) is 26.3 Å². The summed E-state index contributed by atoms with van der Waals surface area (Å²) in [5.41, 5.74) is 0.0472. The molecule has 0 saturated heterocycles. The molecule has 0 radical (unpaired) electrons. The fourth-order valence-corrected chi connectivity index (χ4v) is 5.43. The van der Waals surface area contributed by atoms with E-state index in [0.717, 1.165) is 24.3 Å². The van der Waals surface area contributed by atoms with Crippen molar-refractivity contribution in [1.82, 2.24) is 9.13 Å².